The maximum absolute atomic E-state index is 11.4. The third kappa shape index (κ3) is 3.29. The van der Waals surface area contributed by atoms with E-state index in [0.717, 1.165) is 22.1 Å². The molecule has 1 aromatic heterocycles. The first-order chi connectivity index (χ1) is 11.2. The number of hydrogen-bond acceptors (Lipinski definition) is 3. The Kier molecular flexibility index (Phi) is 4.48. The van der Waals surface area contributed by atoms with Crippen molar-refractivity contribution in [2.24, 2.45) is 5.73 Å². The number of imidazole rings is 1. The van der Waals surface area contributed by atoms with Gasteiger partial charge in [-0.15, -0.1) is 0 Å². The highest BCUT2D eigenvalue weighted by Crippen LogP contribution is 2.31. The Morgan fingerprint density at radius 1 is 1.09 bits per heavy atom. The largest absolute Gasteiger partial charge is 0.369 e. The molecule has 4 nitrogen and oxygen atoms in total. The first-order valence-electron chi connectivity index (χ1n) is 7.31. The maximum atomic E-state index is 11.4. The van der Waals surface area contributed by atoms with Gasteiger partial charge in [-0.25, -0.2) is 4.98 Å². The van der Waals surface area contributed by atoms with Crippen LogP contribution >= 0.6 is 11.8 Å². The zero-order chi connectivity index (χ0) is 16.2. The average Bonchev–Trinajstić information content (AvgIpc) is 3.00. The minimum absolute atomic E-state index is 0.344. The first kappa shape index (κ1) is 15.4. The zero-order valence-corrected chi connectivity index (χ0v) is 13.5. The van der Waals surface area contributed by atoms with Crippen LogP contribution in [-0.2, 0) is 4.79 Å². The molecule has 1 heterocycles. The van der Waals surface area contributed by atoms with Crippen molar-refractivity contribution in [2.45, 2.75) is 17.3 Å². The van der Waals surface area contributed by atoms with Crippen LogP contribution in [0.25, 0.3) is 16.9 Å². The van der Waals surface area contributed by atoms with Crippen LogP contribution < -0.4 is 5.73 Å². The summed E-state index contributed by atoms with van der Waals surface area (Å²) in [5.41, 5.74) is 8.45. The summed E-state index contributed by atoms with van der Waals surface area (Å²) in [5.74, 6) is -0.348. The highest BCUT2D eigenvalue weighted by Gasteiger charge is 2.18. The number of para-hydroxylation sites is 1. The van der Waals surface area contributed by atoms with Crippen molar-refractivity contribution in [2.75, 3.05) is 0 Å². The molecule has 1 unspecified atom stereocenters. The minimum Gasteiger partial charge on any atom is -0.369 e. The molecule has 1 amide bonds. The fourth-order valence-electron chi connectivity index (χ4n) is 2.27. The summed E-state index contributed by atoms with van der Waals surface area (Å²) >= 11 is 1.37. The highest BCUT2D eigenvalue weighted by molar-refractivity contribution is 8.00. The molecule has 0 spiro atoms. The summed E-state index contributed by atoms with van der Waals surface area (Å²) in [4.78, 5) is 15.9. The number of benzene rings is 2. The number of hydrogen-bond donors (Lipinski definition) is 1. The molecule has 2 N–H and O–H groups in total. The van der Waals surface area contributed by atoms with Crippen LogP contribution in [0.2, 0.25) is 0 Å². The lowest BCUT2D eigenvalue weighted by atomic mass is 10.1. The van der Waals surface area contributed by atoms with Crippen LogP contribution in [-0.4, -0.2) is 20.7 Å². The summed E-state index contributed by atoms with van der Waals surface area (Å²) in [5, 5.41) is 0.407. The fourth-order valence-corrected chi connectivity index (χ4v) is 3.13. The van der Waals surface area contributed by atoms with Gasteiger partial charge in [0.2, 0.25) is 5.91 Å². The molecule has 2 aromatic carbocycles. The Hall–Kier alpha value is -2.53. The predicted molar refractivity (Wildman–Crippen MR) is 93.5 cm³/mol. The number of rotatable bonds is 5. The smallest absolute Gasteiger partial charge is 0.230 e. The van der Waals surface area contributed by atoms with Crippen LogP contribution in [0.4, 0.5) is 0 Å². The quantitative estimate of drug-likeness (QED) is 0.731. The Balaban J connectivity index is 2.11. The van der Waals surface area contributed by atoms with E-state index < -0.39 is 0 Å². The van der Waals surface area contributed by atoms with E-state index in [0.29, 0.717) is 0 Å². The Labute approximate surface area is 139 Å². The third-order valence-corrected chi connectivity index (χ3v) is 4.58. The number of amides is 1. The van der Waals surface area contributed by atoms with Gasteiger partial charge < -0.3 is 5.73 Å². The molecule has 3 aromatic rings. The number of nitrogens with zero attached hydrogens (tertiary/aromatic N) is 2. The fraction of sp³-hybridized carbons (Fsp3) is 0.111. The molecule has 0 aliphatic rings. The van der Waals surface area contributed by atoms with Crippen LogP contribution in [0.5, 0.6) is 0 Å². The molecular weight excluding hydrogens is 306 g/mol. The highest BCUT2D eigenvalue weighted by atomic mass is 32.2. The van der Waals surface area contributed by atoms with Crippen molar-refractivity contribution < 1.29 is 4.79 Å². The standard InChI is InChI=1S/C18H17N3OS/c1-13(17(19)22)23-18-20-12-16(14-8-4-2-5-9-14)21(18)15-10-6-3-7-11-15/h2-13H,1H3,(H2,19,22). The van der Waals surface area contributed by atoms with E-state index in [9.17, 15) is 4.79 Å². The molecule has 0 aliphatic carbocycles. The van der Waals surface area contributed by atoms with Crippen LogP contribution in [0.3, 0.4) is 0 Å². The molecule has 3 rings (SSSR count). The lowest BCUT2D eigenvalue weighted by molar-refractivity contribution is -0.117. The number of carbonyl (C=O) groups is 1. The number of primary amides is 1. The summed E-state index contributed by atoms with van der Waals surface area (Å²) in [6.07, 6.45) is 1.83. The molecule has 116 valence electrons. The van der Waals surface area contributed by atoms with E-state index in [4.69, 9.17) is 5.73 Å². The van der Waals surface area contributed by atoms with Crippen molar-refractivity contribution in [1.29, 1.82) is 0 Å². The second-order valence-electron chi connectivity index (χ2n) is 5.13. The summed E-state index contributed by atoms with van der Waals surface area (Å²) < 4.78 is 2.06. The number of thioether (sulfide) groups is 1. The van der Waals surface area contributed by atoms with Gasteiger partial charge in [0.1, 0.15) is 0 Å². The lowest BCUT2D eigenvalue weighted by Crippen LogP contribution is -2.23. The monoisotopic (exact) mass is 323 g/mol. The third-order valence-electron chi connectivity index (χ3n) is 3.50. The van der Waals surface area contributed by atoms with Crippen molar-refractivity contribution in [3.63, 3.8) is 0 Å². The molecule has 0 saturated heterocycles. The molecule has 0 radical (unpaired) electrons. The minimum atomic E-state index is -0.348. The predicted octanol–water partition coefficient (Wildman–Crippen LogP) is 3.51. The van der Waals surface area contributed by atoms with E-state index in [2.05, 4.69) is 9.55 Å². The molecule has 5 heteroatoms. The van der Waals surface area contributed by atoms with Gasteiger partial charge in [0.05, 0.1) is 17.1 Å². The zero-order valence-electron chi connectivity index (χ0n) is 12.7. The van der Waals surface area contributed by atoms with E-state index in [-0.39, 0.29) is 11.2 Å². The van der Waals surface area contributed by atoms with Gasteiger partial charge in [-0.2, -0.15) is 0 Å². The molecule has 0 saturated carbocycles. The van der Waals surface area contributed by atoms with Crippen LogP contribution in [0.15, 0.2) is 72.0 Å². The molecule has 0 aliphatic heterocycles. The number of aromatic nitrogens is 2. The SMILES string of the molecule is CC(Sc1ncc(-c2ccccc2)n1-c1ccccc1)C(N)=O. The second-order valence-corrected chi connectivity index (χ2v) is 6.43. The first-order valence-corrected chi connectivity index (χ1v) is 8.19. The molecular formula is C18H17N3OS. The number of nitrogens with two attached hydrogens (primary N) is 1. The summed E-state index contributed by atoms with van der Waals surface area (Å²) in [6.45, 7) is 1.79. The van der Waals surface area contributed by atoms with Gasteiger partial charge in [-0.1, -0.05) is 60.3 Å². The van der Waals surface area contributed by atoms with Gasteiger partial charge >= 0.3 is 0 Å². The van der Waals surface area contributed by atoms with Gasteiger partial charge in [-0.05, 0) is 19.1 Å². The van der Waals surface area contributed by atoms with Gasteiger partial charge in [0.25, 0.3) is 0 Å². The van der Waals surface area contributed by atoms with E-state index >= 15 is 0 Å². The Morgan fingerprint density at radius 2 is 1.70 bits per heavy atom. The number of carbonyl (C=O) groups excluding carboxylic acids is 1. The second kappa shape index (κ2) is 6.71. The van der Waals surface area contributed by atoms with Gasteiger partial charge in [0.15, 0.2) is 5.16 Å². The maximum Gasteiger partial charge on any atom is 0.230 e. The molecule has 1 atom stereocenters. The van der Waals surface area contributed by atoms with Crippen molar-refractivity contribution in [3.05, 3.63) is 66.9 Å². The normalized spacial score (nSPS) is 12.0. The Morgan fingerprint density at radius 3 is 2.30 bits per heavy atom. The van der Waals surface area contributed by atoms with Crippen molar-refractivity contribution in [3.8, 4) is 16.9 Å². The Bertz CT molecular complexity index is 800. The van der Waals surface area contributed by atoms with Crippen LogP contribution in [0, 0.1) is 0 Å². The lowest BCUT2D eigenvalue weighted by Gasteiger charge is -2.13. The topological polar surface area (TPSA) is 60.9 Å². The van der Waals surface area contributed by atoms with Crippen molar-refractivity contribution in [1.82, 2.24) is 9.55 Å². The summed E-state index contributed by atoms with van der Waals surface area (Å²) in [6, 6.07) is 20.0. The van der Waals surface area contributed by atoms with Gasteiger partial charge in [-0.3, -0.25) is 9.36 Å². The van der Waals surface area contributed by atoms with E-state index in [1.165, 1.54) is 11.8 Å². The van der Waals surface area contributed by atoms with E-state index in [1.807, 2.05) is 66.9 Å². The summed E-state index contributed by atoms with van der Waals surface area (Å²) in [7, 11) is 0. The van der Waals surface area contributed by atoms with E-state index in [1.54, 1.807) is 6.92 Å². The van der Waals surface area contributed by atoms with Gasteiger partial charge in [0, 0.05) is 11.3 Å². The van der Waals surface area contributed by atoms with Crippen molar-refractivity contribution >= 4 is 17.7 Å². The molecule has 0 bridgehead atoms. The van der Waals surface area contributed by atoms with Crippen LogP contribution in [0.1, 0.15) is 6.92 Å². The molecule has 23 heavy (non-hydrogen) atoms. The molecule has 0 fully saturated rings. The average molecular weight is 323 g/mol.